The van der Waals surface area contributed by atoms with Crippen molar-refractivity contribution in [2.75, 3.05) is 39.3 Å². The van der Waals surface area contributed by atoms with E-state index in [2.05, 4.69) is 29.2 Å². The van der Waals surface area contributed by atoms with Crippen molar-refractivity contribution in [2.24, 2.45) is 5.92 Å². The molecular formula is C19H25N3O3. The van der Waals surface area contributed by atoms with E-state index in [0.717, 1.165) is 32.6 Å². The van der Waals surface area contributed by atoms with Gasteiger partial charge in [0.25, 0.3) is 0 Å². The van der Waals surface area contributed by atoms with E-state index in [4.69, 9.17) is 4.74 Å². The lowest BCUT2D eigenvalue weighted by atomic mass is 9.94. The molecule has 0 saturated carbocycles. The molecule has 4 saturated heterocycles. The van der Waals surface area contributed by atoms with Crippen molar-refractivity contribution in [1.29, 1.82) is 0 Å². The summed E-state index contributed by atoms with van der Waals surface area (Å²) in [6.45, 7) is 4.64. The highest BCUT2D eigenvalue weighted by molar-refractivity contribution is 5.83. The van der Waals surface area contributed by atoms with E-state index < -0.39 is 0 Å². The van der Waals surface area contributed by atoms with Gasteiger partial charge in [0.05, 0.1) is 6.54 Å². The molecule has 1 aromatic carbocycles. The average Bonchev–Trinajstić information content (AvgIpc) is 2.83. The standard InChI is InChI=1S/C19H25N3O3/c23-18(14-20-8-9-25-19(20)24)22-12-16-6-7-17(13-22)21(11-16)10-15-4-2-1-3-5-15/h1-5,16-17H,6-14H2/t16-,17-/m0/s1. The molecule has 4 fully saturated rings. The predicted octanol–water partition coefficient (Wildman–Crippen LogP) is 1.56. The minimum Gasteiger partial charge on any atom is -0.448 e. The molecule has 4 aliphatic heterocycles. The minimum atomic E-state index is -0.364. The van der Waals surface area contributed by atoms with Crippen molar-refractivity contribution in [1.82, 2.24) is 14.7 Å². The number of carbonyl (C=O) groups is 2. The maximum Gasteiger partial charge on any atom is 0.410 e. The van der Waals surface area contributed by atoms with Gasteiger partial charge in [-0.05, 0) is 24.3 Å². The summed E-state index contributed by atoms with van der Waals surface area (Å²) < 4.78 is 4.92. The number of fused-ring (bicyclic) bond motifs is 4. The normalized spacial score (nSPS) is 26.6. The van der Waals surface area contributed by atoms with E-state index in [1.807, 2.05) is 11.0 Å². The number of carbonyl (C=O) groups excluding carboxylic acids is 2. The SMILES string of the molecule is O=C(CN1CCOC1=O)N1C[C@H]2CC[C@@H](C1)N(Cc1ccccc1)C2. The molecule has 25 heavy (non-hydrogen) atoms. The van der Waals surface area contributed by atoms with Crippen LogP contribution in [0.15, 0.2) is 30.3 Å². The topological polar surface area (TPSA) is 53.1 Å². The molecule has 2 atom stereocenters. The zero-order valence-corrected chi connectivity index (χ0v) is 14.5. The van der Waals surface area contributed by atoms with Gasteiger partial charge in [-0.2, -0.15) is 0 Å². The first-order valence-corrected chi connectivity index (χ1v) is 9.16. The number of hydrogen-bond acceptors (Lipinski definition) is 4. The summed E-state index contributed by atoms with van der Waals surface area (Å²) in [6.07, 6.45) is 1.97. The third-order valence-electron chi connectivity index (χ3n) is 5.58. The van der Waals surface area contributed by atoms with Crippen molar-refractivity contribution < 1.29 is 14.3 Å². The molecule has 6 heteroatoms. The number of nitrogens with zero attached hydrogens (tertiary/aromatic N) is 3. The lowest BCUT2D eigenvalue weighted by molar-refractivity contribution is -0.132. The first kappa shape index (κ1) is 16.4. The van der Waals surface area contributed by atoms with Crippen LogP contribution in [0.4, 0.5) is 4.79 Å². The molecule has 0 N–H and O–H groups in total. The van der Waals surface area contributed by atoms with Gasteiger partial charge in [0.1, 0.15) is 13.2 Å². The molecule has 134 valence electrons. The maximum absolute atomic E-state index is 12.7. The smallest absolute Gasteiger partial charge is 0.410 e. The fourth-order valence-corrected chi connectivity index (χ4v) is 4.23. The Balaban J connectivity index is 1.40. The zero-order chi connectivity index (χ0) is 17.2. The van der Waals surface area contributed by atoms with Gasteiger partial charge in [-0.25, -0.2) is 4.79 Å². The van der Waals surface area contributed by atoms with Crippen molar-refractivity contribution in [3.05, 3.63) is 35.9 Å². The molecule has 0 radical (unpaired) electrons. The largest absolute Gasteiger partial charge is 0.448 e. The highest BCUT2D eigenvalue weighted by Crippen LogP contribution is 2.29. The van der Waals surface area contributed by atoms with Gasteiger partial charge in [-0.15, -0.1) is 0 Å². The monoisotopic (exact) mass is 343 g/mol. The Kier molecular flexibility index (Phi) is 4.61. The molecule has 2 bridgehead atoms. The summed E-state index contributed by atoms with van der Waals surface area (Å²) >= 11 is 0. The van der Waals surface area contributed by atoms with Crippen LogP contribution in [0.5, 0.6) is 0 Å². The number of cyclic esters (lactones) is 1. The average molecular weight is 343 g/mol. The number of ether oxygens (including phenoxy) is 1. The molecule has 2 amide bonds. The van der Waals surface area contributed by atoms with Gasteiger partial charge in [-0.3, -0.25) is 14.6 Å². The molecule has 4 aliphatic rings. The van der Waals surface area contributed by atoms with Crippen LogP contribution in [0.3, 0.4) is 0 Å². The van der Waals surface area contributed by atoms with Crippen molar-refractivity contribution in [3.63, 3.8) is 0 Å². The summed E-state index contributed by atoms with van der Waals surface area (Å²) in [6, 6.07) is 10.9. The number of amides is 2. The van der Waals surface area contributed by atoms with Crippen LogP contribution in [0.1, 0.15) is 18.4 Å². The van der Waals surface area contributed by atoms with Crippen LogP contribution >= 0.6 is 0 Å². The Morgan fingerprint density at radius 1 is 1.12 bits per heavy atom. The Hall–Kier alpha value is -2.08. The van der Waals surface area contributed by atoms with Crippen LogP contribution < -0.4 is 0 Å². The second-order valence-corrected chi connectivity index (χ2v) is 7.35. The Morgan fingerprint density at radius 2 is 1.96 bits per heavy atom. The third kappa shape index (κ3) is 3.63. The highest BCUT2D eigenvalue weighted by Gasteiger charge is 2.37. The van der Waals surface area contributed by atoms with Gasteiger partial charge in [0, 0.05) is 32.2 Å². The van der Waals surface area contributed by atoms with E-state index in [9.17, 15) is 9.59 Å². The van der Waals surface area contributed by atoms with E-state index in [1.54, 1.807) is 0 Å². The molecular weight excluding hydrogens is 318 g/mol. The minimum absolute atomic E-state index is 0.0531. The second kappa shape index (κ2) is 7.04. The first-order valence-electron chi connectivity index (χ1n) is 9.16. The fourth-order valence-electron chi connectivity index (χ4n) is 4.23. The summed E-state index contributed by atoms with van der Waals surface area (Å²) in [7, 11) is 0. The summed E-state index contributed by atoms with van der Waals surface area (Å²) in [4.78, 5) is 30.3. The Labute approximate surface area is 148 Å². The van der Waals surface area contributed by atoms with E-state index in [1.165, 1.54) is 16.9 Å². The van der Waals surface area contributed by atoms with Gasteiger partial charge in [-0.1, -0.05) is 30.3 Å². The van der Waals surface area contributed by atoms with Crippen molar-refractivity contribution >= 4 is 12.0 Å². The zero-order valence-electron chi connectivity index (χ0n) is 14.5. The fraction of sp³-hybridized carbons (Fsp3) is 0.579. The second-order valence-electron chi connectivity index (χ2n) is 7.35. The quantitative estimate of drug-likeness (QED) is 0.833. The van der Waals surface area contributed by atoms with Gasteiger partial charge >= 0.3 is 6.09 Å². The van der Waals surface area contributed by atoms with E-state index in [0.29, 0.717) is 25.1 Å². The molecule has 0 unspecified atom stereocenters. The molecule has 4 heterocycles. The van der Waals surface area contributed by atoms with Crippen LogP contribution in [-0.4, -0.2) is 72.1 Å². The van der Waals surface area contributed by atoms with Crippen LogP contribution in [0.25, 0.3) is 0 Å². The van der Waals surface area contributed by atoms with Crippen molar-refractivity contribution in [2.45, 2.75) is 25.4 Å². The molecule has 0 aliphatic carbocycles. The summed E-state index contributed by atoms with van der Waals surface area (Å²) in [5.74, 6) is 0.578. The molecule has 0 aromatic heterocycles. The van der Waals surface area contributed by atoms with E-state index >= 15 is 0 Å². The number of rotatable bonds is 4. The predicted molar refractivity (Wildman–Crippen MR) is 92.9 cm³/mol. The first-order chi connectivity index (χ1) is 12.2. The van der Waals surface area contributed by atoms with Gasteiger partial charge < -0.3 is 9.64 Å². The maximum atomic E-state index is 12.7. The van der Waals surface area contributed by atoms with Crippen LogP contribution in [-0.2, 0) is 16.1 Å². The summed E-state index contributed by atoms with van der Waals surface area (Å²) in [5, 5.41) is 0. The van der Waals surface area contributed by atoms with Crippen LogP contribution in [0.2, 0.25) is 0 Å². The number of benzene rings is 1. The highest BCUT2D eigenvalue weighted by atomic mass is 16.6. The molecule has 0 spiro atoms. The number of hydrogen-bond donors (Lipinski definition) is 0. The lowest BCUT2D eigenvalue weighted by Crippen LogP contribution is -2.45. The Bertz CT molecular complexity index is 636. The van der Waals surface area contributed by atoms with Crippen molar-refractivity contribution in [3.8, 4) is 0 Å². The third-order valence-corrected chi connectivity index (χ3v) is 5.58. The Morgan fingerprint density at radius 3 is 2.72 bits per heavy atom. The molecule has 1 aromatic rings. The van der Waals surface area contributed by atoms with Crippen LogP contribution in [0, 0.1) is 5.92 Å². The summed E-state index contributed by atoms with van der Waals surface area (Å²) in [5.41, 5.74) is 1.33. The number of piperidine rings is 1. The lowest BCUT2D eigenvalue weighted by Gasteiger charge is -2.36. The van der Waals surface area contributed by atoms with Gasteiger partial charge in [0.2, 0.25) is 5.91 Å². The van der Waals surface area contributed by atoms with E-state index in [-0.39, 0.29) is 18.5 Å². The van der Waals surface area contributed by atoms with Gasteiger partial charge in [0.15, 0.2) is 0 Å². The molecule has 6 nitrogen and oxygen atoms in total. The molecule has 5 rings (SSSR count).